The number of aromatic amines is 1. The number of H-pyrrole nitrogens is 1. The summed E-state index contributed by atoms with van der Waals surface area (Å²) in [5, 5.41) is 5.34. The van der Waals surface area contributed by atoms with E-state index in [0.29, 0.717) is 0 Å². The monoisotopic (exact) mass is 273 g/mol. The Morgan fingerprint density at radius 3 is 2.95 bits per heavy atom. The fourth-order valence-corrected chi connectivity index (χ4v) is 3.16. The summed E-state index contributed by atoms with van der Waals surface area (Å²) in [6, 6.07) is 1.98. The predicted molar refractivity (Wildman–Crippen MR) is 75.0 cm³/mol. The van der Waals surface area contributed by atoms with E-state index in [0.717, 1.165) is 22.9 Å². The fraction of sp³-hybridized carbons (Fsp3) is 0.308. The van der Waals surface area contributed by atoms with Gasteiger partial charge in [0.05, 0.1) is 5.92 Å². The largest absolute Gasteiger partial charge is 0.348 e. The molecule has 3 heterocycles. The molecule has 0 radical (unpaired) electrons. The van der Waals surface area contributed by atoms with Crippen molar-refractivity contribution in [1.82, 2.24) is 24.7 Å². The second-order valence-electron chi connectivity index (χ2n) is 4.38. The van der Waals surface area contributed by atoms with Crippen LogP contribution in [0.25, 0.3) is 10.7 Å². The zero-order chi connectivity index (χ0) is 13.2. The maximum Gasteiger partial charge on any atom is 0.143 e. The maximum atomic E-state index is 4.48. The molecule has 1 N–H and O–H groups in total. The SMILES string of the molecule is CCC(c1ncc[nH]1)c1cnc(-c2ccn(C)n2)s1. The lowest BCUT2D eigenvalue weighted by molar-refractivity contribution is 0.740. The van der Waals surface area contributed by atoms with Gasteiger partial charge in [-0.2, -0.15) is 5.10 Å². The lowest BCUT2D eigenvalue weighted by Gasteiger charge is -2.08. The molecule has 1 unspecified atom stereocenters. The van der Waals surface area contributed by atoms with Crippen molar-refractivity contribution in [2.24, 2.45) is 7.05 Å². The second kappa shape index (κ2) is 4.97. The van der Waals surface area contributed by atoms with Gasteiger partial charge in [-0.3, -0.25) is 4.68 Å². The molecule has 0 aromatic carbocycles. The van der Waals surface area contributed by atoms with Crippen LogP contribution in [0.4, 0.5) is 0 Å². The van der Waals surface area contributed by atoms with E-state index < -0.39 is 0 Å². The molecule has 3 aromatic heterocycles. The molecule has 1 atom stereocenters. The fourth-order valence-electron chi connectivity index (χ4n) is 2.09. The Balaban J connectivity index is 1.92. The van der Waals surface area contributed by atoms with Gasteiger partial charge in [-0.05, 0) is 12.5 Å². The Hall–Kier alpha value is -1.95. The molecule has 3 rings (SSSR count). The quantitative estimate of drug-likeness (QED) is 0.795. The molecule has 0 bridgehead atoms. The number of aromatic nitrogens is 5. The molecular weight excluding hydrogens is 258 g/mol. The summed E-state index contributed by atoms with van der Waals surface area (Å²) in [4.78, 5) is 13.2. The van der Waals surface area contributed by atoms with E-state index in [1.807, 2.05) is 31.7 Å². The molecule has 5 nitrogen and oxygen atoms in total. The summed E-state index contributed by atoms with van der Waals surface area (Å²) in [6.45, 7) is 2.16. The first-order chi connectivity index (χ1) is 9.28. The van der Waals surface area contributed by atoms with Gasteiger partial charge in [0.2, 0.25) is 0 Å². The summed E-state index contributed by atoms with van der Waals surface area (Å²) in [5.41, 5.74) is 0.924. The van der Waals surface area contributed by atoms with Gasteiger partial charge in [0.1, 0.15) is 16.5 Å². The molecule has 0 spiro atoms. The van der Waals surface area contributed by atoms with Crippen LogP contribution in [-0.4, -0.2) is 24.7 Å². The van der Waals surface area contributed by atoms with E-state index in [9.17, 15) is 0 Å². The Labute approximate surface area is 115 Å². The Kier molecular flexibility index (Phi) is 3.16. The average Bonchev–Trinajstić information content (AvgIpc) is 3.10. The van der Waals surface area contributed by atoms with Crippen molar-refractivity contribution in [2.75, 3.05) is 0 Å². The molecule has 19 heavy (non-hydrogen) atoms. The van der Waals surface area contributed by atoms with Gasteiger partial charge in [-0.25, -0.2) is 9.97 Å². The zero-order valence-electron chi connectivity index (χ0n) is 10.9. The highest BCUT2D eigenvalue weighted by atomic mass is 32.1. The highest BCUT2D eigenvalue weighted by Crippen LogP contribution is 2.33. The van der Waals surface area contributed by atoms with Gasteiger partial charge in [0.15, 0.2) is 0 Å². The van der Waals surface area contributed by atoms with Crippen molar-refractivity contribution in [2.45, 2.75) is 19.3 Å². The molecule has 6 heteroatoms. The number of aryl methyl sites for hydroxylation is 1. The first-order valence-corrected chi connectivity index (χ1v) is 7.04. The first kappa shape index (κ1) is 12.1. The van der Waals surface area contributed by atoms with E-state index in [2.05, 4.69) is 27.0 Å². The maximum absolute atomic E-state index is 4.48. The van der Waals surface area contributed by atoms with Crippen molar-refractivity contribution < 1.29 is 0 Å². The van der Waals surface area contributed by atoms with E-state index in [-0.39, 0.29) is 5.92 Å². The normalized spacial score (nSPS) is 12.7. The minimum Gasteiger partial charge on any atom is -0.348 e. The number of nitrogens with one attached hydrogen (secondary N) is 1. The first-order valence-electron chi connectivity index (χ1n) is 6.23. The van der Waals surface area contributed by atoms with Gasteiger partial charge < -0.3 is 4.98 Å². The van der Waals surface area contributed by atoms with Crippen LogP contribution in [0, 0.1) is 0 Å². The van der Waals surface area contributed by atoms with Gasteiger partial charge in [-0.15, -0.1) is 11.3 Å². The van der Waals surface area contributed by atoms with Crippen LogP contribution in [0.1, 0.15) is 30.0 Å². The number of hydrogen-bond donors (Lipinski definition) is 1. The van der Waals surface area contributed by atoms with Crippen LogP contribution in [0.3, 0.4) is 0 Å². The van der Waals surface area contributed by atoms with E-state index in [4.69, 9.17) is 0 Å². The predicted octanol–water partition coefficient (Wildman–Crippen LogP) is 2.81. The number of imidazole rings is 1. The van der Waals surface area contributed by atoms with Crippen LogP contribution >= 0.6 is 11.3 Å². The second-order valence-corrected chi connectivity index (χ2v) is 5.44. The van der Waals surface area contributed by atoms with Gasteiger partial charge in [-0.1, -0.05) is 6.92 Å². The van der Waals surface area contributed by atoms with Crippen molar-refractivity contribution in [1.29, 1.82) is 0 Å². The topological polar surface area (TPSA) is 59.4 Å². The molecule has 0 saturated carbocycles. The van der Waals surface area contributed by atoms with Crippen molar-refractivity contribution in [3.05, 3.63) is 41.6 Å². The Morgan fingerprint density at radius 1 is 1.42 bits per heavy atom. The summed E-state index contributed by atoms with van der Waals surface area (Å²) in [6.07, 6.45) is 8.51. The third-order valence-electron chi connectivity index (χ3n) is 3.06. The molecule has 0 saturated heterocycles. The van der Waals surface area contributed by atoms with Crippen LogP contribution < -0.4 is 0 Å². The third kappa shape index (κ3) is 2.31. The number of rotatable bonds is 4. The lowest BCUT2D eigenvalue weighted by Crippen LogP contribution is -1.99. The summed E-state index contributed by atoms with van der Waals surface area (Å²) in [5.74, 6) is 1.28. The van der Waals surface area contributed by atoms with Crippen molar-refractivity contribution in [3.8, 4) is 10.7 Å². The summed E-state index contributed by atoms with van der Waals surface area (Å²) < 4.78 is 1.79. The Bertz CT molecular complexity index is 652. The van der Waals surface area contributed by atoms with Gasteiger partial charge in [0.25, 0.3) is 0 Å². The standard InChI is InChI=1S/C13H15N5S/c1-3-9(12-14-5-6-15-12)11-8-16-13(19-11)10-4-7-18(2)17-10/h4-9H,3H2,1-2H3,(H,14,15). The number of thiazole rings is 1. The third-order valence-corrected chi connectivity index (χ3v) is 4.19. The number of nitrogens with zero attached hydrogens (tertiary/aromatic N) is 4. The van der Waals surface area contributed by atoms with Gasteiger partial charge in [0, 0.05) is 36.7 Å². The van der Waals surface area contributed by atoms with Gasteiger partial charge >= 0.3 is 0 Å². The summed E-state index contributed by atoms with van der Waals surface area (Å²) in [7, 11) is 1.91. The molecule has 0 aliphatic heterocycles. The highest BCUT2D eigenvalue weighted by molar-refractivity contribution is 7.15. The van der Waals surface area contributed by atoms with Crippen LogP contribution in [0.5, 0.6) is 0 Å². The molecule has 3 aromatic rings. The molecule has 0 aliphatic rings. The molecule has 98 valence electrons. The van der Waals surface area contributed by atoms with Crippen LogP contribution in [-0.2, 0) is 7.05 Å². The Morgan fingerprint density at radius 2 is 2.32 bits per heavy atom. The molecule has 0 amide bonds. The summed E-state index contributed by atoms with van der Waals surface area (Å²) >= 11 is 1.68. The van der Waals surface area contributed by atoms with Crippen molar-refractivity contribution in [3.63, 3.8) is 0 Å². The van der Waals surface area contributed by atoms with E-state index >= 15 is 0 Å². The van der Waals surface area contributed by atoms with E-state index in [1.54, 1.807) is 22.2 Å². The minimum atomic E-state index is 0.282. The van der Waals surface area contributed by atoms with Crippen LogP contribution in [0.15, 0.2) is 30.9 Å². The minimum absolute atomic E-state index is 0.282. The lowest BCUT2D eigenvalue weighted by atomic mass is 10.1. The molecule has 0 fully saturated rings. The number of hydrogen-bond acceptors (Lipinski definition) is 4. The van der Waals surface area contributed by atoms with E-state index in [1.165, 1.54) is 4.88 Å². The molecule has 0 aliphatic carbocycles. The average molecular weight is 273 g/mol. The highest BCUT2D eigenvalue weighted by Gasteiger charge is 2.18. The smallest absolute Gasteiger partial charge is 0.143 e. The van der Waals surface area contributed by atoms with Crippen LogP contribution in [0.2, 0.25) is 0 Å². The zero-order valence-corrected chi connectivity index (χ0v) is 11.7. The molecular formula is C13H15N5S. The van der Waals surface area contributed by atoms with Crippen molar-refractivity contribution >= 4 is 11.3 Å².